The summed E-state index contributed by atoms with van der Waals surface area (Å²) in [5, 5.41) is 3.28. The number of rotatable bonds is 4. The van der Waals surface area contributed by atoms with Crippen molar-refractivity contribution in [3.05, 3.63) is 0 Å². The first kappa shape index (κ1) is 12.9. The molecule has 0 aliphatic carbocycles. The van der Waals surface area contributed by atoms with E-state index in [4.69, 9.17) is 4.74 Å². The molecular formula is C11H25NO. The van der Waals surface area contributed by atoms with E-state index in [1.165, 1.54) is 0 Å². The molecule has 0 aromatic rings. The number of hydrogen-bond donors (Lipinski definition) is 1. The minimum absolute atomic E-state index is 0.267. The van der Waals surface area contributed by atoms with E-state index in [0.717, 1.165) is 13.2 Å². The number of nitrogens with one attached hydrogen (secondary N) is 1. The molecule has 0 aliphatic rings. The first-order chi connectivity index (χ1) is 5.71. The second kappa shape index (κ2) is 4.97. The van der Waals surface area contributed by atoms with E-state index < -0.39 is 0 Å². The lowest BCUT2D eigenvalue weighted by atomic mass is 9.97. The van der Waals surface area contributed by atoms with Crippen LogP contribution in [0.25, 0.3) is 0 Å². The van der Waals surface area contributed by atoms with Gasteiger partial charge in [-0.15, -0.1) is 0 Å². The zero-order valence-electron chi connectivity index (χ0n) is 10.0. The second-order valence-corrected chi connectivity index (χ2v) is 6.04. The van der Waals surface area contributed by atoms with Crippen LogP contribution in [0.3, 0.4) is 0 Å². The quantitative estimate of drug-likeness (QED) is 0.539. The predicted octanol–water partition coefficient (Wildman–Crippen LogP) is 2.64. The molecule has 2 nitrogen and oxygen atoms in total. The molecule has 0 heterocycles. The molecule has 0 aromatic heterocycles. The lowest BCUT2D eigenvalue weighted by Gasteiger charge is -2.21. The molecule has 0 atom stereocenters. The van der Waals surface area contributed by atoms with Crippen molar-refractivity contribution in [1.29, 1.82) is 0 Å². The van der Waals surface area contributed by atoms with Gasteiger partial charge in [0.25, 0.3) is 0 Å². The summed E-state index contributed by atoms with van der Waals surface area (Å²) in [5.41, 5.74) is 0.606. The molecule has 2 heteroatoms. The van der Waals surface area contributed by atoms with Gasteiger partial charge in [0, 0.05) is 6.54 Å². The van der Waals surface area contributed by atoms with Crippen molar-refractivity contribution in [3.8, 4) is 0 Å². The van der Waals surface area contributed by atoms with Crippen LogP contribution in [0.1, 0.15) is 41.5 Å². The van der Waals surface area contributed by atoms with Gasteiger partial charge >= 0.3 is 0 Å². The third-order valence-corrected chi connectivity index (χ3v) is 1.39. The van der Waals surface area contributed by atoms with Crippen LogP contribution >= 0.6 is 0 Å². The zero-order chi connectivity index (χ0) is 10.5. The Morgan fingerprint density at radius 1 is 0.923 bits per heavy atom. The average molecular weight is 187 g/mol. The summed E-state index contributed by atoms with van der Waals surface area (Å²) in [7, 11) is 0. The molecule has 0 amide bonds. The monoisotopic (exact) mass is 187 g/mol. The molecular weight excluding hydrogens is 162 g/mol. The van der Waals surface area contributed by atoms with Crippen molar-refractivity contribution in [2.75, 3.05) is 19.9 Å². The summed E-state index contributed by atoms with van der Waals surface area (Å²) in [5.74, 6) is 0. The predicted molar refractivity (Wildman–Crippen MR) is 57.7 cm³/mol. The molecule has 13 heavy (non-hydrogen) atoms. The Hall–Kier alpha value is -0.0800. The van der Waals surface area contributed by atoms with E-state index >= 15 is 0 Å². The van der Waals surface area contributed by atoms with Gasteiger partial charge in [-0.2, -0.15) is 0 Å². The molecule has 0 unspecified atom stereocenters. The van der Waals surface area contributed by atoms with Crippen LogP contribution in [-0.4, -0.2) is 19.9 Å². The van der Waals surface area contributed by atoms with E-state index in [1.807, 2.05) is 0 Å². The van der Waals surface area contributed by atoms with Gasteiger partial charge in [0.15, 0.2) is 0 Å². The minimum atomic E-state index is 0.267. The molecule has 0 aromatic carbocycles. The molecule has 0 fully saturated rings. The summed E-state index contributed by atoms with van der Waals surface area (Å²) in [6.07, 6.45) is 0. The minimum Gasteiger partial charge on any atom is -0.366 e. The standard InChI is InChI=1S/C11H25NO/c1-10(2,3)7-12-9-13-8-11(4,5)6/h12H,7-9H2,1-6H3. The van der Waals surface area contributed by atoms with E-state index in [-0.39, 0.29) is 5.41 Å². The Balaban J connectivity index is 3.28. The first-order valence-electron chi connectivity index (χ1n) is 4.99. The Labute approximate surface area is 83.1 Å². The molecule has 0 bridgehead atoms. The maximum atomic E-state index is 5.48. The lowest BCUT2D eigenvalue weighted by molar-refractivity contribution is 0.0551. The second-order valence-electron chi connectivity index (χ2n) is 6.04. The Morgan fingerprint density at radius 3 is 1.85 bits per heavy atom. The van der Waals surface area contributed by atoms with E-state index in [0.29, 0.717) is 12.1 Å². The summed E-state index contributed by atoms with van der Waals surface area (Å²) in [6, 6.07) is 0. The fourth-order valence-electron chi connectivity index (χ4n) is 0.855. The topological polar surface area (TPSA) is 21.3 Å². The highest BCUT2D eigenvalue weighted by molar-refractivity contribution is 4.63. The molecule has 0 aliphatic heterocycles. The van der Waals surface area contributed by atoms with Gasteiger partial charge in [-0.3, -0.25) is 5.32 Å². The summed E-state index contributed by atoms with van der Waals surface area (Å²) in [4.78, 5) is 0. The van der Waals surface area contributed by atoms with Gasteiger partial charge in [0.05, 0.1) is 13.3 Å². The smallest absolute Gasteiger partial charge is 0.0965 e. The molecule has 80 valence electrons. The highest BCUT2D eigenvalue weighted by Crippen LogP contribution is 2.13. The van der Waals surface area contributed by atoms with Crippen LogP contribution in [0.4, 0.5) is 0 Å². The van der Waals surface area contributed by atoms with Crippen LogP contribution in [0, 0.1) is 10.8 Å². The maximum absolute atomic E-state index is 5.48. The largest absolute Gasteiger partial charge is 0.366 e. The molecule has 0 saturated heterocycles. The van der Waals surface area contributed by atoms with Gasteiger partial charge in [-0.05, 0) is 10.8 Å². The lowest BCUT2D eigenvalue weighted by Crippen LogP contribution is -2.30. The van der Waals surface area contributed by atoms with E-state index in [2.05, 4.69) is 46.9 Å². The van der Waals surface area contributed by atoms with Crippen LogP contribution in [0.15, 0.2) is 0 Å². The molecule has 0 saturated carbocycles. The third kappa shape index (κ3) is 11.9. The van der Waals surface area contributed by atoms with Crippen molar-refractivity contribution in [2.24, 2.45) is 10.8 Å². The van der Waals surface area contributed by atoms with Crippen molar-refractivity contribution in [3.63, 3.8) is 0 Å². The fraction of sp³-hybridized carbons (Fsp3) is 1.00. The first-order valence-corrected chi connectivity index (χ1v) is 4.99. The Bertz CT molecular complexity index is 114. The normalized spacial score (nSPS) is 13.4. The van der Waals surface area contributed by atoms with Crippen LogP contribution in [0.2, 0.25) is 0 Å². The average Bonchev–Trinajstić information content (AvgIpc) is 1.81. The Kier molecular flexibility index (Phi) is 4.93. The van der Waals surface area contributed by atoms with Crippen molar-refractivity contribution < 1.29 is 4.74 Å². The van der Waals surface area contributed by atoms with Crippen molar-refractivity contribution >= 4 is 0 Å². The van der Waals surface area contributed by atoms with E-state index in [1.54, 1.807) is 0 Å². The highest BCUT2D eigenvalue weighted by Gasteiger charge is 2.11. The van der Waals surface area contributed by atoms with Crippen LogP contribution in [-0.2, 0) is 4.74 Å². The van der Waals surface area contributed by atoms with Crippen molar-refractivity contribution in [1.82, 2.24) is 5.32 Å². The maximum Gasteiger partial charge on any atom is 0.0965 e. The SMILES string of the molecule is CC(C)(C)CNCOCC(C)(C)C. The summed E-state index contributed by atoms with van der Waals surface area (Å²) < 4.78 is 5.48. The number of ether oxygens (including phenoxy) is 1. The number of hydrogen-bond acceptors (Lipinski definition) is 2. The van der Waals surface area contributed by atoms with Gasteiger partial charge in [-0.25, -0.2) is 0 Å². The molecule has 0 rings (SSSR count). The third-order valence-electron chi connectivity index (χ3n) is 1.39. The Morgan fingerprint density at radius 2 is 1.46 bits per heavy atom. The fourth-order valence-corrected chi connectivity index (χ4v) is 0.855. The van der Waals surface area contributed by atoms with Crippen LogP contribution in [0.5, 0.6) is 0 Å². The van der Waals surface area contributed by atoms with Gasteiger partial charge in [-0.1, -0.05) is 41.5 Å². The summed E-state index contributed by atoms with van der Waals surface area (Å²) in [6.45, 7) is 15.6. The van der Waals surface area contributed by atoms with Crippen LogP contribution < -0.4 is 5.32 Å². The van der Waals surface area contributed by atoms with Gasteiger partial charge in [0.1, 0.15) is 0 Å². The van der Waals surface area contributed by atoms with Gasteiger partial charge < -0.3 is 4.74 Å². The van der Waals surface area contributed by atoms with Crippen molar-refractivity contribution in [2.45, 2.75) is 41.5 Å². The molecule has 0 radical (unpaired) electrons. The van der Waals surface area contributed by atoms with E-state index in [9.17, 15) is 0 Å². The van der Waals surface area contributed by atoms with Gasteiger partial charge in [0.2, 0.25) is 0 Å². The zero-order valence-corrected chi connectivity index (χ0v) is 10.0. The molecule has 0 spiro atoms. The summed E-state index contributed by atoms with van der Waals surface area (Å²) >= 11 is 0. The molecule has 1 N–H and O–H groups in total. The highest BCUT2D eigenvalue weighted by atomic mass is 16.5.